The Bertz CT molecular complexity index is 957. The van der Waals surface area contributed by atoms with Gasteiger partial charge in [-0.15, -0.1) is 0 Å². The molecular weight excluding hydrogens is 333 g/mol. The van der Waals surface area contributed by atoms with Gasteiger partial charge in [0.25, 0.3) is 0 Å². The molecule has 0 amide bonds. The first-order valence-electron chi connectivity index (χ1n) is 8.61. The van der Waals surface area contributed by atoms with E-state index in [1.807, 2.05) is 24.3 Å². The Kier molecular flexibility index (Phi) is 4.03. The van der Waals surface area contributed by atoms with Crippen molar-refractivity contribution in [3.8, 4) is 0 Å². The minimum Gasteiger partial charge on any atom is -0.477 e. The second-order valence-corrected chi connectivity index (χ2v) is 6.59. The number of carboxylic acids is 1. The largest absolute Gasteiger partial charge is 0.477 e. The van der Waals surface area contributed by atoms with Gasteiger partial charge in [-0.2, -0.15) is 0 Å². The molecule has 1 N–H and O–H groups in total. The first kappa shape index (κ1) is 16.4. The zero-order valence-corrected chi connectivity index (χ0v) is 14.5. The average molecular weight is 353 g/mol. The number of carboxylic acid groups (broad SMARTS) is 1. The number of halogens is 1. The number of piperazine rings is 1. The zero-order chi connectivity index (χ0) is 18.3. The van der Waals surface area contributed by atoms with Crippen LogP contribution in [0.4, 0.5) is 15.8 Å². The van der Waals surface area contributed by atoms with Crippen molar-refractivity contribution >= 4 is 28.2 Å². The summed E-state index contributed by atoms with van der Waals surface area (Å²) >= 11 is 0. The van der Waals surface area contributed by atoms with Gasteiger partial charge in [0.2, 0.25) is 0 Å². The Morgan fingerprint density at radius 3 is 2.12 bits per heavy atom. The van der Waals surface area contributed by atoms with Gasteiger partial charge in [-0.3, -0.25) is 0 Å². The minimum absolute atomic E-state index is 0.218. The van der Waals surface area contributed by atoms with Gasteiger partial charge >= 0.3 is 5.97 Å². The first-order chi connectivity index (χ1) is 12.5. The minimum atomic E-state index is -0.918. The van der Waals surface area contributed by atoms with Crippen molar-refractivity contribution < 1.29 is 14.3 Å². The smallest absolute Gasteiger partial charge is 0.352 e. The van der Waals surface area contributed by atoms with E-state index in [-0.39, 0.29) is 5.82 Å². The van der Waals surface area contributed by atoms with Crippen molar-refractivity contribution in [1.82, 2.24) is 4.57 Å². The van der Waals surface area contributed by atoms with Crippen molar-refractivity contribution in [2.75, 3.05) is 36.0 Å². The van der Waals surface area contributed by atoms with Gasteiger partial charge in [-0.1, -0.05) is 0 Å². The fraction of sp³-hybridized carbons (Fsp3) is 0.250. The molecule has 1 aromatic heterocycles. The molecule has 0 aliphatic carbocycles. The van der Waals surface area contributed by atoms with E-state index in [0.717, 1.165) is 48.5 Å². The van der Waals surface area contributed by atoms with Crippen molar-refractivity contribution in [2.24, 2.45) is 7.05 Å². The van der Waals surface area contributed by atoms with Crippen LogP contribution >= 0.6 is 0 Å². The van der Waals surface area contributed by atoms with Gasteiger partial charge < -0.3 is 19.5 Å². The summed E-state index contributed by atoms with van der Waals surface area (Å²) in [6, 6.07) is 14.4. The topological polar surface area (TPSA) is 48.7 Å². The van der Waals surface area contributed by atoms with E-state index in [9.17, 15) is 14.3 Å². The van der Waals surface area contributed by atoms with Gasteiger partial charge in [-0.25, -0.2) is 9.18 Å². The van der Waals surface area contributed by atoms with Crippen LogP contribution in [-0.4, -0.2) is 41.8 Å². The molecule has 2 aromatic carbocycles. The van der Waals surface area contributed by atoms with Crippen LogP contribution in [0.5, 0.6) is 0 Å². The third kappa shape index (κ3) is 2.87. The number of nitrogens with zero attached hydrogens (tertiary/aromatic N) is 3. The molecular formula is C20H20FN3O2. The van der Waals surface area contributed by atoms with Crippen LogP contribution in [0, 0.1) is 5.82 Å². The summed E-state index contributed by atoms with van der Waals surface area (Å²) in [5.41, 5.74) is 3.34. The number of aryl methyl sites for hydroxylation is 1. The number of fused-ring (bicyclic) bond motifs is 1. The Morgan fingerprint density at radius 1 is 0.923 bits per heavy atom. The highest BCUT2D eigenvalue weighted by Gasteiger charge is 2.19. The maximum absolute atomic E-state index is 13.1. The predicted molar refractivity (Wildman–Crippen MR) is 101 cm³/mol. The second kappa shape index (κ2) is 6.37. The number of carbonyl (C=O) groups is 1. The molecule has 26 heavy (non-hydrogen) atoms. The average Bonchev–Trinajstić information content (AvgIpc) is 2.99. The highest BCUT2D eigenvalue weighted by molar-refractivity contribution is 5.95. The van der Waals surface area contributed by atoms with E-state index in [2.05, 4.69) is 15.9 Å². The molecule has 3 aromatic rings. The molecule has 0 radical (unpaired) electrons. The molecule has 0 saturated carbocycles. The molecule has 0 unspecified atom stereocenters. The molecule has 0 bridgehead atoms. The van der Waals surface area contributed by atoms with Gasteiger partial charge in [0, 0.05) is 55.5 Å². The van der Waals surface area contributed by atoms with Gasteiger partial charge in [0.05, 0.1) is 0 Å². The first-order valence-corrected chi connectivity index (χ1v) is 8.61. The molecule has 1 aliphatic rings. The summed E-state index contributed by atoms with van der Waals surface area (Å²) in [6.45, 7) is 3.45. The Hall–Kier alpha value is -3.02. The van der Waals surface area contributed by atoms with Crippen LogP contribution in [0.25, 0.3) is 10.9 Å². The quantitative estimate of drug-likeness (QED) is 0.785. The molecule has 6 heteroatoms. The highest BCUT2D eigenvalue weighted by Crippen LogP contribution is 2.26. The molecule has 1 aliphatic heterocycles. The van der Waals surface area contributed by atoms with E-state index in [1.165, 1.54) is 12.1 Å². The summed E-state index contributed by atoms with van der Waals surface area (Å²) in [7, 11) is 1.77. The zero-order valence-electron chi connectivity index (χ0n) is 14.5. The highest BCUT2D eigenvalue weighted by atomic mass is 19.1. The van der Waals surface area contributed by atoms with Crippen molar-refractivity contribution in [3.05, 3.63) is 60.0 Å². The van der Waals surface area contributed by atoms with E-state index < -0.39 is 5.97 Å². The van der Waals surface area contributed by atoms with E-state index in [4.69, 9.17) is 0 Å². The van der Waals surface area contributed by atoms with Crippen LogP contribution in [0.3, 0.4) is 0 Å². The van der Waals surface area contributed by atoms with Crippen LogP contribution in [0.15, 0.2) is 48.5 Å². The molecule has 134 valence electrons. The maximum Gasteiger partial charge on any atom is 0.352 e. The number of aromatic carboxylic acids is 1. The monoisotopic (exact) mass is 353 g/mol. The van der Waals surface area contributed by atoms with Crippen molar-refractivity contribution in [2.45, 2.75) is 0 Å². The number of hydrogen-bond donors (Lipinski definition) is 1. The van der Waals surface area contributed by atoms with Gasteiger partial charge in [0.1, 0.15) is 11.5 Å². The van der Waals surface area contributed by atoms with E-state index >= 15 is 0 Å². The third-order valence-electron chi connectivity index (χ3n) is 5.08. The van der Waals surface area contributed by atoms with Gasteiger partial charge in [-0.05, 0) is 48.5 Å². The second-order valence-electron chi connectivity index (χ2n) is 6.59. The van der Waals surface area contributed by atoms with Gasteiger partial charge in [0.15, 0.2) is 0 Å². The van der Waals surface area contributed by atoms with Crippen LogP contribution in [-0.2, 0) is 7.05 Å². The molecule has 2 heterocycles. The lowest BCUT2D eigenvalue weighted by molar-refractivity contribution is 0.0687. The van der Waals surface area contributed by atoms with Crippen molar-refractivity contribution in [3.63, 3.8) is 0 Å². The summed E-state index contributed by atoms with van der Waals surface area (Å²) in [6.07, 6.45) is 0. The SMILES string of the molecule is Cn1c(C(=O)O)cc2cc(N3CCN(c4ccc(F)cc4)CC3)ccc21. The lowest BCUT2D eigenvalue weighted by atomic mass is 10.2. The molecule has 0 spiro atoms. The number of aromatic nitrogens is 1. The molecule has 0 atom stereocenters. The summed E-state index contributed by atoms with van der Waals surface area (Å²) in [4.78, 5) is 15.9. The molecule has 5 nitrogen and oxygen atoms in total. The Balaban J connectivity index is 1.52. The summed E-state index contributed by atoms with van der Waals surface area (Å²) in [5, 5.41) is 10.2. The third-order valence-corrected chi connectivity index (χ3v) is 5.08. The summed E-state index contributed by atoms with van der Waals surface area (Å²) in [5.74, 6) is -1.14. The Morgan fingerprint density at radius 2 is 1.50 bits per heavy atom. The number of rotatable bonds is 3. The van der Waals surface area contributed by atoms with E-state index in [0.29, 0.717) is 5.69 Å². The molecule has 1 fully saturated rings. The summed E-state index contributed by atoms with van der Waals surface area (Å²) < 4.78 is 14.8. The number of hydrogen-bond acceptors (Lipinski definition) is 3. The van der Waals surface area contributed by atoms with Crippen LogP contribution < -0.4 is 9.80 Å². The van der Waals surface area contributed by atoms with Crippen LogP contribution in [0.1, 0.15) is 10.5 Å². The number of benzene rings is 2. The lowest BCUT2D eigenvalue weighted by Gasteiger charge is -2.37. The molecule has 4 rings (SSSR count). The number of anilines is 2. The predicted octanol–water partition coefficient (Wildman–Crippen LogP) is 3.34. The molecule has 1 saturated heterocycles. The Labute approximate surface area is 150 Å². The fourth-order valence-corrected chi connectivity index (χ4v) is 3.61. The fourth-order valence-electron chi connectivity index (χ4n) is 3.61. The normalized spacial score (nSPS) is 14.8. The van der Waals surface area contributed by atoms with Crippen molar-refractivity contribution in [1.29, 1.82) is 0 Å². The lowest BCUT2D eigenvalue weighted by Crippen LogP contribution is -2.46. The maximum atomic E-state index is 13.1. The van der Waals surface area contributed by atoms with Crippen LogP contribution in [0.2, 0.25) is 0 Å². The standard InChI is InChI=1S/C20H20FN3O2/c1-22-18-7-6-17(12-14(18)13-19(22)20(25)26)24-10-8-23(9-11-24)16-4-2-15(21)3-5-16/h2-7,12-13H,8-11H2,1H3,(H,25,26). The van der Waals surface area contributed by atoms with E-state index in [1.54, 1.807) is 17.7 Å².